The predicted octanol–water partition coefficient (Wildman–Crippen LogP) is 2.09. The highest BCUT2D eigenvalue weighted by Crippen LogP contribution is 2.64. The van der Waals surface area contributed by atoms with E-state index in [1.165, 1.54) is 0 Å². The van der Waals surface area contributed by atoms with Crippen LogP contribution in [0, 0.1) is 0 Å². The van der Waals surface area contributed by atoms with Gasteiger partial charge in [-0.2, -0.15) is 0 Å². The van der Waals surface area contributed by atoms with Crippen molar-refractivity contribution in [2.75, 3.05) is 26.3 Å². The van der Waals surface area contributed by atoms with Crippen LogP contribution in [0.25, 0.3) is 16.5 Å². The molecular weight excluding hydrogens is 406 g/mol. The molecule has 2 aromatic heterocycles. The van der Waals surface area contributed by atoms with Crippen molar-refractivity contribution in [2.45, 2.75) is 30.5 Å². The third-order valence-corrected chi connectivity index (χ3v) is 7.11. The average molecular weight is 436 g/mol. The van der Waals surface area contributed by atoms with Crippen molar-refractivity contribution in [3.05, 3.63) is 64.8 Å². The van der Waals surface area contributed by atoms with Gasteiger partial charge in [0.2, 0.25) is 0 Å². The molecule has 1 saturated carbocycles. The van der Waals surface area contributed by atoms with E-state index in [1.54, 1.807) is 17.1 Å². The Morgan fingerprint density at radius 3 is 3.03 bits per heavy atom. The van der Waals surface area contributed by atoms with Gasteiger partial charge >= 0.3 is 0 Å². The van der Waals surface area contributed by atoms with Gasteiger partial charge in [0.1, 0.15) is 11.1 Å². The molecule has 2 aromatic rings. The van der Waals surface area contributed by atoms with Crippen LogP contribution in [0.15, 0.2) is 58.6 Å². The van der Waals surface area contributed by atoms with E-state index in [-0.39, 0.29) is 19.9 Å². The molecule has 2 aliphatic heterocycles. The highest BCUT2D eigenvalue weighted by atomic mass is 16.5. The van der Waals surface area contributed by atoms with E-state index < -0.39 is 5.54 Å². The zero-order valence-electron chi connectivity index (χ0n) is 17.8. The number of morpholine rings is 1. The van der Waals surface area contributed by atoms with Gasteiger partial charge in [-0.05, 0) is 30.2 Å². The molecule has 6 rings (SSSR count). The lowest BCUT2D eigenvalue weighted by Crippen LogP contribution is -2.43. The second-order valence-corrected chi connectivity index (χ2v) is 8.86. The van der Waals surface area contributed by atoms with Crippen LogP contribution in [0.3, 0.4) is 0 Å². The Morgan fingerprint density at radius 1 is 1.38 bits per heavy atom. The number of amides is 1. The summed E-state index contributed by atoms with van der Waals surface area (Å²) in [6.07, 6.45) is 12.8. The Balaban J connectivity index is 0.00000137. The number of carbonyl (C=O) groups is 1. The van der Waals surface area contributed by atoms with Crippen molar-refractivity contribution >= 4 is 28.7 Å². The van der Waals surface area contributed by atoms with Crippen molar-refractivity contribution < 1.29 is 12.4 Å². The Kier molecular flexibility index (Phi) is 4.10. The maximum Gasteiger partial charge on any atom is 0.274 e. The first-order valence-electron chi connectivity index (χ1n) is 11.0. The molecule has 168 valence electrons. The monoisotopic (exact) mass is 435 g/mol. The minimum Gasteiger partial charge on any atom is -0.378 e. The second kappa shape index (κ2) is 6.80. The molecule has 0 spiro atoms. The van der Waals surface area contributed by atoms with E-state index in [9.17, 15) is 9.59 Å². The van der Waals surface area contributed by atoms with E-state index in [0.717, 1.165) is 22.9 Å². The fourth-order valence-electron chi connectivity index (χ4n) is 5.33. The van der Waals surface area contributed by atoms with E-state index in [1.807, 2.05) is 35.4 Å². The number of nitrogens with one attached hydrogen (secondary N) is 2. The van der Waals surface area contributed by atoms with E-state index in [2.05, 4.69) is 16.9 Å². The van der Waals surface area contributed by atoms with Crippen molar-refractivity contribution in [3.63, 3.8) is 0 Å². The normalized spacial score (nSPS) is 27.9. The molecule has 2 fully saturated rings. The van der Waals surface area contributed by atoms with Crippen molar-refractivity contribution in [1.29, 1.82) is 0 Å². The van der Waals surface area contributed by atoms with E-state index in [4.69, 9.17) is 9.73 Å². The van der Waals surface area contributed by atoms with Crippen LogP contribution in [0.4, 0.5) is 0 Å². The summed E-state index contributed by atoms with van der Waals surface area (Å²) in [6, 6.07) is 1.93. The molecule has 1 saturated heterocycles. The molecule has 0 bridgehead atoms. The Labute approximate surface area is 187 Å². The van der Waals surface area contributed by atoms with Gasteiger partial charge in [0.25, 0.3) is 11.5 Å². The molecule has 2 unspecified atom stereocenters. The summed E-state index contributed by atoms with van der Waals surface area (Å²) in [4.78, 5) is 36.1. The number of H-pyrrole nitrogens is 1. The lowest BCUT2D eigenvalue weighted by atomic mass is 9.86. The Morgan fingerprint density at radius 2 is 2.22 bits per heavy atom. The number of aliphatic imine (C=N–C) groups is 1. The van der Waals surface area contributed by atoms with Crippen LogP contribution >= 0.6 is 0 Å². The number of hydrogen-bond donors (Lipinski definition) is 2. The number of rotatable bonds is 5. The minimum absolute atomic E-state index is 0. The predicted molar refractivity (Wildman–Crippen MR) is 127 cm³/mol. The molecule has 0 aromatic carbocycles. The number of aryl methyl sites for hydroxylation is 1. The first-order chi connectivity index (χ1) is 15.6. The summed E-state index contributed by atoms with van der Waals surface area (Å²) in [5.41, 5.74) is 2.29. The van der Waals surface area contributed by atoms with Gasteiger partial charge in [-0.15, -0.1) is 6.58 Å². The van der Waals surface area contributed by atoms with Crippen LogP contribution in [0.1, 0.15) is 21.3 Å². The highest BCUT2D eigenvalue weighted by Gasteiger charge is 2.72. The lowest BCUT2D eigenvalue weighted by molar-refractivity contribution is -0.130. The molecule has 1 amide bonds. The quantitative estimate of drug-likeness (QED) is 0.704. The average Bonchev–Trinajstić information content (AvgIpc) is 3.11. The molecule has 8 nitrogen and oxygen atoms in total. The number of hydrogen-bond acceptors (Lipinski definition) is 5. The summed E-state index contributed by atoms with van der Waals surface area (Å²) >= 11 is 0. The standard InChI is InChI=1S/C24H25N5O3.2H2/c1-2-3-6-29-13-18(17-4-5-25-20(17)22(29)31)19-11-16(21(30)28-7-9-32-10-8-28)12-23-14-24(19,23)27-15-26-23;;/h2,4-5,11-13,15,25H,1,3,6-10,14H2,(H,26,27);2*1H. The van der Waals surface area contributed by atoms with Gasteiger partial charge in [-0.3, -0.25) is 14.6 Å². The SMILES string of the molecule is C=CCCn1cc(C2=CC(C(=O)N3CCOCC3)=CC34CC23N=CN4)c2cc[nH]c2c1=O.[HH].[HH]. The largest absolute Gasteiger partial charge is 0.378 e. The van der Waals surface area contributed by atoms with Crippen LogP contribution in [-0.4, -0.2) is 64.1 Å². The van der Waals surface area contributed by atoms with Crippen LogP contribution in [0.5, 0.6) is 0 Å². The summed E-state index contributed by atoms with van der Waals surface area (Å²) in [6.45, 7) is 6.64. The number of allylic oxidation sites excluding steroid dienone is 1. The van der Waals surface area contributed by atoms with Gasteiger partial charge in [-0.1, -0.05) is 6.08 Å². The topological polar surface area (TPSA) is 91.7 Å². The Hall–Kier alpha value is -3.39. The number of pyridine rings is 1. The zero-order valence-corrected chi connectivity index (χ0v) is 17.8. The third kappa shape index (κ3) is 2.56. The maximum atomic E-state index is 13.4. The summed E-state index contributed by atoms with van der Waals surface area (Å²) in [5, 5.41) is 4.25. The van der Waals surface area contributed by atoms with Crippen LogP contribution in [0.2, 0.25) is 0 Å². The van der Waals surface area contributed by atoms with Crippen LogP contribution < -0.4 is 10.9 Å². The van der Waals surface area contributed by atoms with E-state index >= 15 is 0 Å². The number of fused-ring (bicyclic) bond motifs is 1. The second-order valence-electron chi connectivity index (χ2n) is 8.86. The molecule has 4 heterocycles. The van der Waals surface area contributed by atoms with Crippen molar-refractivity contribution in [3.8, 4) is 0 Å². The summed E-state index contributed by atoms with van der Waals surface area (Å²) in [7, 11) is 0. The van der Waals surface area contributed by atoms with Gasteiger partial charge < -0.3 is 24.5 Å². The maximum absolute atomic E-state index is 13.4. The van der Waals surface area contributed by atoms with Crippen molar-refractivity contribution in [1.82, 2.24) is 19.8 Å². The van der Waals surface area contributed by atoms with Gasteiger partial charge in [-0.25, -0.2) is 0 Å². The number of aromatic nitrogens is 2. The smallest absolute Gasteiger partial charge is 0.274 e. The molecule has 2 atom stereocenters. The number of aromatic amines is 1. The summed E-state index contributed by atoms with van der Waals surface area (Å²) in [5.74, 6) is 0.0136. The molecule has 4 aliphatic rings. The molecule has 2 N–H and O–H groups in total. The van der Waals surface area contributed by atoms with Gasteiger partial charge in [0.05, 0.1) is 25.1 Å². The molecule has 2 aliphatic carbocycles. The molecule has 32 heavy (non-hydrogen) atoms. The van der Waals surface area contributed by atoms with Crippen molar-refractivity contribution in [2.24, 2.45) is 4.99 Å². The first-order valence-corrected chi connectivity index (χ1v) is 11.0. The lowest BCUT2D eigenvalue weighted by Gasteiger charge is -2.30. The molecule has 0 radical (unpaired) electrons. The molecular formula is C24H29N5O3. The van der Waals surface area contributed by atoms with Crippen LogP contribution in [-0.2, 0) is 16.1 Å². The van der Waals surface area contributed by atoms with E-state index in [0.29, 0.717) is 50.4 Å². The molecule has 8 heteroatoms. The third-order valence-electron chi connectivity index (χ3n) is 7.11. The zero-order chi connectivity index (χ0) is 21.9. The highest BCUT2D eigenvalue weighted by molar-refractivity contribution is 6.06. The minimum atomic E-state index is -0.438. The Bertz CT molecular complexity index is 1300. The number of carbonyl (C=O) groups excluding carboxylic acids is 1. The van der Waals surface area contributed by atoms with Gasteiger partial charge in [0.15, 0.2) is 0 Å². The fourth-order valence-corrected chi connectivity index (χ4v) is 5.33. The van der Waals surface area contributed by atoms with Gasteiger partial charge in [0, 0.05) is 57.8 Å². The fraction of sp³-hybridized carbons (Fsp3) is 0.375. The number of ether oxygens (including phenoxy) is 1. The first kappa shape index (κ1) is 19.3. The number of nitrogens with zero attached hydrogens (tertiary/aromatic N) is 3. The summed E-state index contributed by atoms with van der Waals surface area (Å²) < 4.78 is 7.14.